The Kier molecular flexibility index (Phi) is 3.48. The summed E-state index contributed by atoms with van der Waals surface area (Å²) >= 11 is 0. The highest BCUT2D eigenvalue weighted by Crippen LogP contribution is 2.21. The van der Waals surface area contributed by atoms with E-state index in [2.05, 4.69) is 42.5 Å². The van der Waals surface area contributed by atoms with Gasteiger partial charge in [0.2, 0.25) is 0 Å². The fourth-order valence-corrected chi connectivity index (χ4v) is 2.41. The van der Waals surface area contributed by atoms with Gasteiger partial charge in [-0.05, 0) is 31.0 Å². The number of pyridine rings is 1. The van der Waals surface area contributed by atoms with E-state index in [4.69, 9.17) is 10.7 Å². The van der Waals surface area contributed by atoms with Crippen molar-refractivity contribution in [1.29, 1.82) is 0 Å². The molecule has 0 saturated carbocycles. The summed E-state index contributed by atoms with van der Waals surface area (Å²) in [4.78, 5) is 4.71. The Balaban J connectivity index is 1.94. The Hall–Kier alpha value is -2.19. The summed E-state index contributed by atoms with van der Waals surface area (Å²) < 4.78 is 0. The zero-order valence-corrected chi connectivity index (χ0v) is 11.6. The van der Waals surface area contributed by atoms with Crippen LogP contribution < -0.4 is 5.73 Å². The van der Waals surface area contributed by atoms with Gasteiger partial charge in [-0.15, -0.1) is 0 Å². The molecule has 2 aromatic carbocycles. The first-order chi connectivity index (χ1) is 9.72. The molecule has 1 heterocycles. The summed E-state index contributed by atoms with van der Waals surface area (Å²) in [6.45, 7) is 2.03. The Labute approximate surface area is 119 Å². The van der Waals surface area contributed by atoms with Gasteiger partial charge in [0, 0.05) is 17.0 Å². The number of nitrogens with two attached hydrogens (primary N) is 1. The SMILES string of the molecule is CC(N)Cc1ccc(-c2ccc3ccccc3n2)cc1. The number of nitrogens with zero attached hydrogens (tertiary/aromatic N) is 1. The fraction of sp³-hybridized carbons (Fsp3) is 0.167. The quantitative estimate of drug-likeness (QED) is 0.780. The van der Waals surface area contributed by atoms with Gasteiger partial charge in [0.05, 0.1) is 11.2 Å². The zero-order valence-electron chi connectivity index (χ0n) is 11.6. The maximum atomic E-state index is 5.82. The van der Waals surface area contributed by atoms with E-state index in [0.717, 1.165) is 23.2 Å². The van der Waals surface area contributed by atoms with Crippen LogP contribution in [0.4, 0.5) is 0 Å². The summed E-state index contributed by atoms with van der Waals surface area (Å²) in [5.74, 6) is 0. The highest BCUT2D eigenvalue weighted by molar-refractivity contribution is 5.81. The maximum absolute atomic E-state index is 5.82. The second-order valence-corrected chi connectivity index (χ2v) is 5.27. The molecular weight excluding hydrogens is 244 g/mol. The normalized spacial score (nSPS) is 12.5. The lowest BCUT2D eigenvalue weighted by atomic mass is 10.0. The molecule has 0 aliphatic heterocycles. The van der Waals surface area contributed by atoms with E-state index in [9.17, 15) is 0 Å². The molecule has 0 aliphatic rings. The number of hydrogen-bond donors (Lipinski definition) is 1. The monoisotopic (exact) mass is 262 g/mol. The van der Waals surface area contributed by atoms with Gasteiger partial charge in [-0.1, -0.05) is 48.5 Å². The van der Waals surface area contributed by atoms with Crippen LogP contribution in [0.1, 0.15) is 12.5 Å². The van der Waals surface area contributed by atoms with Gasteiger partial charge in [0.15, 0.2) is 0 Å². The molecule has 2 N–H and O–H groups in total. The number of aromatic nitrogens is 1. The Morgan fingerprint density at radius 3 is 2.45 bits per heavy atom. The number of benzene rings is 2. The molecule has 2 heteroatoms. The third-order valence-corrected chi connectivity index (χ3v) is 3.41. The van der Waals surface area contributed by atoms with Crippen LogP contribution in [0, 0.1) is 0 Å². The van der Waals surface area contributed by atoms with Crippen LogP contribution in [0.25, 0.3) is 22.2 Å². The molecule has 1 unspecified atom stereocenters. The Morgan fingerprint density at radius 2 is 1.70 bits per heavy atom. The van der Waals surface area contributed by atoms with Gasteiger partial charge < -0.3 is 5.73 Å². The maximum Gasteiger partial charge on any atom is 0.0709 e. The average Bonchev–Trinajstić information content (AvgIpc) is 2.47. The topological polar surface area (TPSA) is 38.9 Å². The van der Waals surface area contributed by atoms with Crippen LogP contribution in [0.2, 0.25) is 0 Å². The van der Waals surface area contributed by atoms with Gasteiger partial charge >= 0.3 is 0 Å². The summed E-state index contributed by atoms with van der Waals surface area (Å²) in [7, 11) is 0. The zero-order chi connectivity index (χ0) is 13.9. The van der Waals surface area contributed by atoms with Crippen molar-refractivity contribution in [3.8, 4) is 11.3 Å². The fourth-order valence-electron chi connectivity index (χ4n) is 2.41. The first kappa shape index (κ1) is 12.8. The molecule has 1 aromatic heterocycles. The Bertz CT molecular complexity index is 715. The van der Waals surface area contributed by atoms with Crippen LogP contribution >= 0.6 is 0 Å². The lowest BCUT2D eigenvalue weighted by Crippen LogP contribution is -2.17. The summed E-state index contributed by atoms with van der Waals surface area (Å²) in [5, 5.41) is 1.17. The van der Waals surface area contributed by atoms with Gasteiger partial charge in [0.25, 0.3) is 0 Å². The van der Waals surface area contributed by atoms with Crippen LogP contribution in [0.5, 0.6) is 0 Å². The first-order valence-electron chi connectivity index (χ1n) is 6.93. The summed E-state index contributed by atoms with van der Waals surface area (Å²) in [5.41, 5.74) is 10.3. The second kappa shape index (κ2) is 5.43. The summed E-state index contributed by atoms with van der Waals surface area (Å²) in [6.07, 6.45) is 0.908. The molecular formula is C18H18N2. The molecule has 2 nitrogen and oxygen atoms in total. The molecule has 20 heavy (non-hydrogen) atoms. The summed E-state index contributed by atoms with van der Waals surface area (Å²) in [6, 6.07) is 21.1. The average molecular weight is 262 g/mol. The third kappa shape index (κ3) is 2.70. The van der Waals surface area contributed by atoms with Crippen LogP contribution in [-0.2, 0) is 6.42 Å². The van der Waals surface area contributed by atoms with Crippen molar-refractivity contribution in [2.24, 2.45) is 5.73 Å². The molecule has 0 amide bonds. The smallest absolute Gasteiger partial charge is 0.0709 e. The molecule has 3 aromatic rings. The van der Waals surface area contributed by atoms with E-state index >= 15 is 0 Å². The third-order valence-electron chi connectivity index (χ3n) is 3.41. The predicted molar refractivity (Wildman–Crippen MR) is 84.5 cm³/mol. The molecule has 0 aliphatic carbocycles. The van der Waals surface area contributed by atoms with Crippen molar-refractivity contribution >= 4 is 10.9 Å². The second-order valence-electron chi connectivity index (χ2n) is 5.27. The lowest BCUT2D eigenvalue weighted by molar-refractivity contribution is 0.738. The minimum absolute atomic E-state index is 0.194. The highest BCUT2D eigenvalue weighted by atomic mass is 14.7. The van der Waals surface area contributed by atoms with Crippen molar-refractivity contribution in [2.45, 2.75) is 19.4 Å². The number of fused-ring (bicyclic) bond motifs is 1. The van der Waals surface area contributed by atoms with E-state index in [1.807, 2.05) is 25.1 Å². The van der Waals surface area contributed by atoms with Crippen LogP contribution in [0.15, 0.2) is 60.7 Å². The van der Waals surface area contributed by atoms with Crippen molar-refractivity contribution in [3.63, 3.8) is 0 Å². The van der Waals surface area contributed by atoms with Crippen molar-refractivity contribution in [1.82, 2.24) is 4.98 Å². The molecule has 0 bridgehead atoms. The van der Waals surface area contributed by atoms with E-state index in [1.165, 1.54) is 10.9 Å². The lowest BCUT2D eigenvalue weighted by Gasteiger charge is -2.07. The predicted octanol–water partition coefficient (Wildman–Crippen LogP) is 3.79. The van der Waals surface area contributed by atoms with Crippen molar-refractivity contribution in [2.75, 3.05) is 0 Å². The largest absolute Gasteiger partial charge is 0.328 e. The molecule has 3 rings (SSSR count). The minimum atomic E-state index is 0.194. The minimum Gasteiger partial charge on any atom is -0.328 e. The van der Waals surface area contributed by atoms with E-state index in [-0.39, 0.29) is 6.04 Å². The highest BCUT2D eigenvalue weighted by Gasteiger charge is 2.02. The van der Waals surface area contributed by atoms with E-state index in [1.54, 1.807) is 0 Å². The van der Waals surface area contributed by atoms with Crippen molar-refractivity contribution < 1.29 is 0 Å². The molecule has 0 radical (unpaired) electrons. The van der Waals surface area contributed by atoms with Crippen molar-refractivity contribution in [3.05, 3.63) is 66.2 Å². The molecule has 0 fully saturated rings. The van der Waals surface area contributed by atoms with Gasteiger partial charge in [-0.2, -0.15) is 0 Å². The number of hydrogen-bond acceptors (Lipinski definition) is 2. The van der Waals surface area contributed by atoms with E-state index < -0.39 is 0 Å². The molecule has 100 valence electrons. The number of rotatable bonds is 3. The van der Waals surface area contributed by atoms with Crippen LogP contribution in [-0.4, -0.2) is 11.0 Å². The molecule has 0 saturated heterocycles. The number of para-hydroxylation sites is 1. The molecule has 0 spiro atoms. The first-order valence-corrected chi connectivity index (χ1v) is 6.93. The van der Waals surface area contributed by atoms with Gasteiger partial charge in [-0.3, -0.25) is 0 Å². The van der Waals surface area contributed by atoms with Gasteiger partial charge in [0.1, 0.15) is 0 Å². The van der Waals surface area contributed by atoms with Crippen LogP contribution in [0.3, 0.4) is 0 Å². The molecule has 1 atom stereocenters. The standard InChI is InChI=1S/C18H18N2/c1-13(19)12-14-6-8-16(9-7-14)18-11-10-15-4-2-3-5-17(15)20-18/h2-11,13H,12,19H2,1H3. The van der Waals surface area contributed by atoms with E-state index in [0.29, 0.717) is 0 Å². The Morgan fingerprint density at radius 1 is 0.950 bits per heavy atom. The van der Waals surface area contributed by atoms with Gasteiger partial charge in [-0.25, -0.2) is 4.98 Å².